The summed E-state index contributed by atoms with van der Waals surface area (Å²) in [7, 11) is 0. The lowest BCUT2D eigenvalue weighted by molar-refractivity contribution is 0.576. The van der Waals surface area contributed by atoms with Gasteiger partial charge in [0.2, 0.25) is 0 Å². The molecule has 256 valence electrons. The monoisotopic (exact) mass is 694 g/mol. The Kier molecular flexibility index (Phi) is 6.26. The predicted octanol–water partition coefficient (Wildman–Crippen LogP) is 10.4. The van der Waals surface area contributed by atoms with Crippen LogP contribution < -0.4 is 5.32 Å². The highest BCUT2D eigenvalue weighted by Crippen LogP contribution is 2.51. The van der Waals surface area contributed by atoms with E-state index in [0.29, 0.717) is 0 Å². The number of nitrogens with one attached hydrogen (secondary N) is 1. The molecule has 4 aromatic carbocycles. The van der Waals surface area contributed by atoms with Crippen molar-refractivity contribution in [2.24, 2.45) is 0 Å². The van der Waals surface area contributed by atoms with E-state index in [9.17, 15) is 0 Å². The second-order valence-corrected chi connectivity index (χ2v) is 14.8. The lowest BCUT2D eigenvalue weighted by atomic mass is 9.74. The molecule has 9 aromatic rings. The first-order valence-corrected chi connectivity index (χ1v) is 18.9. The molecule has 1 N–H and O–H groups in total. The van der Waals surface area contributed by atoms with Gasteiger partial charge >= 0.3 is 0 Å². The van der Waals surface area contributed by atoms with E-state index in [2.05, 4.69) is 134 Å². The van der Waals surface area contributed by atoms with Crippen LogP contribution >= 0.6 is 0 Å². The Bertz CT molecular complexity index is 3060. The number of allylic oxidation sites excluding steroid dienone is 2. The van der Waals surface area contributed by atoms with E-state index in [1.165, 1.54) is 99.2 Å². The topological polar surface area (TPSA) is 60.6 Å². The molecule has 5 aromatic heterocycles. The molecular formula is C48H34N6. The van der Waals surface area contributed by atoms with E-state index in [0.717, 1.165) is 31.5 Å². The smallest absolute Gasteiger partial charge is 0.137 e. The second-order valence-electron chi connectivity index (χ2n) is 14.8. The van der Waals surface area contributed by atoms with Crippen molar-refractivity contribution in [3.8, 4) is 39.2 Å². The number of aromatic nitrogens is 5. The van der Waals surface area contributed by atoms with Gasteiger partial charge in [0, 0.05) is 52.5 Å². The minimum atomic E-state index is 0.0179. The molecule has 0 fully saturated rings. The number of pyridine rings is 3. The molecule has 2 aliphatic carbocycles. The summed E-state index contributed by atoms with van der Waals surface area (Å²) in [6.45, 7) is 0. The summed E-state index contributed by atoms with van der Waals surface area (Å²) in [5.41, 5.74) is 18.6. The molecule has 0 radical (unpaired) electrons. The Morgan fingerprint density at radius 1 is 0.537 bits per heavy atom. The van der Waals surface area contributed by atoms with E-state index >= 15 is 0 Å². The van der Waals surface area contributed by atoms with Crippen LogP contribution in [0.2, 0.25) is 0 Å². The van der Waals surface area contributed by atoms with Crippen LogP contribution in [0.1, 0.15) is 28.4 Å². The fraction of sp³-hybridized carbons (Fsp3) is 0.104. The Hall–Kier alpha value is -6.79. The van der Waals surface area contributed by atoms with Crippen LogP contribution in [0.3, 0.4) is 0 Å². The molecule has 6 heterocycles. The van der Waals surface area contributed by atoms with Gasteiger partial charge in [-0.2, -0.15) is 0 Å². The number of rotatable bonds is 4. The van der Waals surface area contributed by atoms with Crippen molar-refractivity contribution in [3.05, 3.63) is 169 Å². The molecule has 0 saturated carbocycles. The molecule has 0 amide bonds. The summed E-state index contributed by atoms with van der Waals surface area (Å²) in [5, 5.41) is 8.90. The van der Waals surface area contributed by atoms with Gasteiger partial charge in [0.25, 0.3) is 0 Å². The Labute approximate surface area is 311 Å². The molecule has 1 aliphatic heterocycles. The van der Waals surface area contributed by atoms with Crippen LogP contribution in [0, 0.1) is 0 Å². The summed E-state index contributed by atoms with van der Waals surface area (Å²) in [6.07, 6.45) is 22.0. The Morgan fingerprint density at radius 3 is 1.80 bits per heavy atom. The van der Waals surface area contributed by atoms with E-state index in [1.54, 1.807) is 0 Å². The molecule has 0 spiro atoms. The molecule has 1 atom stereocenters. The molecule has 0 saturated heterocycles. The number of hydrogen-bond donors (Lipinski definition) is 1. The fourth-order valence-electron chi connectivity index (χ4n) is 9.75. The number of dihydropyridines is 1. The number of benzene rings is 4. The van der Waals surface area contributed by atoms with Gasteiger partial charge in [0.15, 0.2) is 0 Å². The molecule has 12 rings (SSSR count). The SMILES string of the molecule is C1=CNC(n2c3ccc(-c4ccncc4)cc3c3cc4c5c(c32)CCc2c-5c(cc3c5cc(-c6ccncc6)ccc5n(-c5ccccn5)c23)CC4)C=C1. The van der Waals surface area contributed by atoms with Crippen molar-refractivity contribution in [2.75, 3.05) is 0 Å². The van der Waals surface area contributed by atoms with Crippen LogP contribution in [0.5, 0.6) is 0 Å². The normalized spacial score (nSPS) is 15.7. The molecule has 1 unspecified atom stereocenters. The van der Waals surface area contributed by atoms with Crippen molar-refractivity contribution in [1.82, 2.24) is 29.4 Å². The van der Waals surface area contributed by atoms with Crippen molar-refractivity contribution in [1.29, 1.82) is 0 Å². The standard InChI is InChI=1S/C48H34N6/c1-3-19-51-43(5-1)53-41-13-9-31(29-15-21-49-22-16-29)25-37(41)39-27-33-7-8-34-28-40-38-26-32(30-17-23-50-24-18-30)10-14-42(38)54(44-6-2-4-20-52-44)48(40)36-12-11-35(47(39)53)45(33)46(34)36/h1-6,9-10,13-28,43,51H,7-8,11-12H2. The van der Waals surface area contributed by atoms with Crippen LogP contribution in [-0.2, 0) is 25.7 Å². The van der Waals surface area contributed by atoms with Crippen LogP contribution in [0.15, 0.2) is 146 Å². The van der Waals surface area contributed by atoms with Crippen molar-refractivity contribution < 1.29 is 0 Å². The number of hydrogen-bond acceptors (Lipinski definition) is 4. The first kappa shape index (κ1) is 29.8. The maximum absolute atomic E-state index is 4.94. The third-order valence-electron chi connectivity index (χ3n) is 12.0. The summed E-state index contributed by atoms with van der Waals surface area (Å²) >= 11 is 0. The van der Waals surface area contributed by atoms with Crippen LogP contribution in [0.4, 0.5) is 0 Å². The minimum absolute atomic E-state index is 0.0179. The van der Waals surface area contributed by atoms with E-state index in [4.69, 9.17) is 4.98 Å². The van der Waals surface area contributed by atoms with Gasteiger partial charge in [-0.25, -0.2) is 4.98 Å². The van der Waals surface area contributed by atoms with Crippen LogP contribution in [-0.4, -0.2) is 24.1 Å². The highest BCUT2D eigenvalue weighted by Gasteiger charge is 2.33. The van der Waals surface area contributed by atoms with E-state index < -0.39 is 0 Å². The molecule has 54 heavy (non-hydrogen) atoms. The number of aryl methyl sites for hydroxylation is 4. The van der Waals surface area contributed by atoms with E-state index in [-0.39, 0.29) is 6.17 Å². The average Bonchev–Trinajstić information content (AvgIpc) is 3.76. The van der Waals surface area contributed by atoms with E-state index in [1.807, 2.05) is 37.1 Å². The van der Waals surface area contributed by atoms with Crippen LogP contribution in [0.25, 0.3) is 82.8 Å². The van der Waals surface area contributed by atoms with Gasteiger partial charge in [-0.3, -0.25) is 14.5 Å². The first-order valence-electron chi connectivity index (χ1n) is 18.9. The largest absolute Gasteiger partial charge is 0.368 e. The first-order chi connectivity index (χ1) is 26.8. The number of nitrogens with zero attached hydrogens (tertiary/aromatic N) is 5. The van der Waals surface area contributed by atoms with Gasteiger partial charge in [-0.15, -0.1) is 0 Å². The minimum Gasteiger partial charge on any atom is -0.368 e. The van der Waals surface area contributed by atoms with Gasteiger partial charge in [0.1, 0.15) is 12.0 Å². The van der Waals surface area contributed by atoms with Gasteiger partial charge in [-0.05, 0) is 172 Å². The highest BCUT2D eigenvalue weighted by atomic mass is 15.2. The lowest BCUT2D eigenvalue weighted by Crippen LogP contribution is -2.23. The van der Waals surface area contributed by atoms with Gasteiger partial charge < -0.3 is 9.88 Å². The Balaban J connectivity index is 1.16. The van der Waals surface area contributed by atoms with Crippen molar-refractivity contribution in [3.63, 3.8) is 0 Å². The summed E-state index contributed by atoms with van der Waals surface area (Å²) < 4.78 is 4.98. The fourth-order valence-corrected chi connectivity index (χ4v) is 9.75. The van der Waals surface area contributed by atoms with Crippen molar-refractivity contribution in [2.45, 2.75) is 31.8 Å². The van der Waals surface area contributed by atoms with Gasteiger partial charge in [-0.1, -0.05) is 24.3 Å². The third-order valence-corrected chi connectivity index (χ3v) is 12.0. The highest BCUT2D eigenvalue weighted by molar-refractivity contribution is 6.16. The zero-order valence-corrected chi connectivity index (χ0v) is 29.5. The van der Waals surface area contributed by atoms with Gasteiger partial charge in [0.05, 0.1) is 22.1 Å². The molecular weight excluding hydrogens is 661 g/mol. The Morgan fingerprint density at radius 2 is 1.17 bits per heavy atom. The molecule has 0 bridgehead atoms. The number of fused-ring (bicyclic) bond motifs is 8. The average molecular weight is 695 g/mol. The summed E-state index contributed by atoms with van der Waals surface area (Å²) in [6, 6.07) is 33.6. The molecule has 6 nitrogen and oxygen atoms in total. The summed E-state index contributed by atoms with van der Waals surface area (Å²) in [4.78, 5) is 13.5. The third kappa shape index (κ3) is 4.19. The molecule has 6 heteroatoms. The zero-order chi connectivity index (χ0) is 35.3. The quantitative estimate of drug-likeness (QED) is 0.199. The summed E-state index contributed by atoms with van der Waals surface area (Å²) in [5.74, 6) is 0.955. The van der Waals surface area contributed by atoms with Crippen molar-refractivity contribution >= 4 is 43.6 Å². The zero-order valence-electron chi connectivity index (χ0n) is 29.5. The maximum Gasteiger partial charge on any atom is 0.137 e. The second kappa shape index (κ2) is 11.4. The lowest BCUT2D eigenvalue weighted by Gasteiger charge is -2.32. The molecule has 3 aliphatic rings. The maximum atomic E-state index is 4.94. The predicted molar refractivity (Wildman–Crippen MR) is 219 cm³/mol.